The Morgan fingerprint density at radius 1 is 1.43 bits per heavy atom. The Balaban J connectivity index is 1.98. The largest absolute Gasteiger partial charge is 0.492 e. The lowest BCUT2D eigenvalue weighted by Gasteiger charge is -2.42. The Hall–Kier alpha value is -1.59. The summed E-state index contributed by atoms with van der Waals surface area (Å²) in [5, 5.41) is 6.31. The minimum atomic E-state index is -0.00493. The molecule has 116 valence electrons. The van der Waals surface area contributed by atoms with Crippen LogP contribution in [-0.4, -0.2) is 49.1 Å². The second kappa shape index (κ2) is 6.91. The quantitative estimate of drug-likeness (QED) is 0.867. The first-order valence-corrected chi connectivity index (χ1v) is 7.50. The molecule has 0 spiro atoms. The van der Waals surface area contributed by atoms with E-state index >= 15 is 0 Å². The van der Waals surface area contributed by atoms with Gasteiger partial charge in [0.1, 0.15) is 5.75 Å². The molecule has 0 radical (unpaired) electrons. The topological polar surface area (TPSA) is 53.6 Å². The van der Waals surface area contributed by atoms with Gasteiger partial charge >= 0.3 is 0 Å². The summed E-state index contributed by atoms with van der Waals surface area (Å²) in [6.07, 6.45) is 0. The number of piperazine rings is 1. The van der Waals surface area contributed by atoms with E-state index in [2.05, 4.69) is 29.4 Å². The van der Waals surface area contributed by atoms with Gasteiger partial charge in [-0.25, -0.2) is 0 Å². The number of carbonyl (C=O) groups is 1. The van der Waals surface area contributed by atoms with Crippen LogP contribution in [0.1, 0.15) is 20.8 Å². The molecule has 0 atom stereocenters. The van der Waals surface area contributed by atoms with Crippen molar-refractivity contribution >= 4 is 11.6 Å². The van der Waals surface area contributed by atoms with Crippen LogP contribution in [0.2, 0.25) is 0 Å². The number of anilines is 1. The Bertz CT molecular complexity index is 488. The first-order chi connectivity index (χ1) is 10.0. The lowest BCUT2D eigenvalue weighted by atomic mass is 10.0. The fourth-order valence-electron chi connectivity index (χ4n) is 2.53. The Labute approximate surface area is 126 Å². The van der Waals surface area contributed by atoms with E-state index in [1.165, 1.54) is 0 Å². The van der Waals surface area contributed by atoms with Gasteiger partial charge in [-0.15, -0.1) is 0 Å². The van der Waals surface area contributed by atoms with Gasteiger partial charge < -0.3 is 15.4 Å². The highest BCUT2D eigenvalue weighted by Crippen LogP contribution is 2.24. The van der Waals surface area contributed by atoms with Crippen LogP contribution in [0.15, 0.2) is 24.3 Å². The van der Waals surface area contributed by atoms with Crippen molar-refractivity contribution in [2.45, 2.75) is 26.3 Å². The molecule has 1 heterocycles. The number of carbonyl (C=O) groups excluding carboxylic acids is 1. The highest BCUT2D eigenvalue weighted by molar-refractivity contribution is 5.93. The van der Waals surface area contributed by atoms with Crippen molar-refractivity contribution in [1.82, 2.24) is 10.2 Å². The van der Waals surface area contributed by atoms with Gasteiger partial charge in [-0.05, 0) is 32.9 Å². The summed E-state index contributed by atoms with van der Waals surface area (Å²) in [5.41, 5.74) is 0.729. The molecule has 1 aliphatic heterocycles. The van der Waals surface area contributed by atoms with Crippen LogP contribution in [0.5, 0.6) is 5.75 Å². The first kappa shape index (κ1) is 15.8. The van der Waals surface area contributed by atoms with E-state index in [0.717, 1.165) is 25.3 Å². The zero-order chi connectivity index (χ0) is 15.3. The standard InChI is InChI=1S/C16H25N3O2/c1-4-21-14-8-6-5-7-13(14)18-15(20)11-19-10-9-17-12-16(19,2)3/h5-8,17H,4,9-12H2,1-3H3,(H,18,20). The predicted molar refractivity (Wildman–Crippen MR) is 84.8 cm³/mol. The van der Waals surface area contributed by atoms with Crippen LogP contribution in [0.4, 0.5) is 5.69 Å². The molecule has 0 aromatic heterocycles. The second-order valence-electron chi connectivity index (χ2n) is 5.89. The van der Waals surface area contributed by atoms with E-state index in [0.29, 0.717) is 18.9 Å². The van der Waals surface area contributed by atoms with Crippen LogP contribution in [0, 0.1) is 0 Å². The number of nitrogens with one attached hydrogen (secondary N) is 2. The Morgan fingerprint density at radius 3 is 2.90 bits per heavy atom. The van der Waals surface area contributed by atoms with Gasteiger partial charge in [-0.2, -0.15) is 0 Å². The fourth-order valence-corrected chi connectivity index (χ4v) is 2.53. The minimum absolute atomic E-state index is 0.00266. The maximum absolute atomic E-state index is 12.3. The zero-order valence-corrected chi connectivity index (χ0v) is 13.1. The molecular formula is C16H25N3O2. The predicted octanol–water partition coefficient (Wildman–Crippen LogP) is 1.71. The van der Waals surface area contributed by atoms with Gasteiger partial charge in [0.15, 0.2) is 0 Å². The van der Waals surface area contributed by atoms with E-state index in [4.69, 9.17) is 4.74 Å². The molecule has 0 aliphatic carbocycles. The third-order valence-corrected chi connectivity index (χ3v) is 3.77. The number of ether oxygens (including phenoxy) is 1. The molecule has 0 unspecified atom stereocenters. The van der Waals surface area contributed by atoms with Gasteiger partial charge in [-0.3, -0.25) is 9.69 Å². The van der Waals surface area contributed by atoms with E-state index in [9.17, 15) is 4.79 Å². The monoisotopic (exact) mass is 291 g/mol. The smallest absolute Gasteiger partial charge is 0.238 e. The van der Waals surface area contributed by atoms with Gasteiger partial charge in [0.05, 0.1) is 18.8 Å². The summed E-state index contributed by atoms with van der Waals surface area (Å²) < 4.78 is 5.53. The number of amides is 1. The van der Waals surface area contributed by atoms with Gasteiger partial charge in [0, 0.05) is 25.2 Å². The maximum atomic E-state index is 12.3. The summed E-state index contributed by atoms with van der Waals surface area (Å²) in [7, 11) is 0. The van der Waals surface area contributed by atoms with Crippen molar-refractivity contribution in [3.63, 3.8) is 0 Å². The van der Waals surface area contributed by atoms with Crippen molar-refractivity contribution in [2.24, 2.45) is 0 Å². The number of nitrogens with zero attached hydrogens (tertiary/aromatic N) is 1. The molecule has 1 fully saturated rings. The van der Waals surface area contributed by atoms with Crippen molar-refractivity contribution in [1.29, 1.82) is 0 Å². The molecule has 5 heteroatoms. The van der Waals surface area contributed by atoms with Gasteiger partial charge in [0.25, 0.3) is 0 Å². The van der Waals surface area contributed by atoms with Crippen LogP contribution in [0.25, 0.3) is 0 Å². The van der Waals surface area contributed by atoms with Crippen molar-refractivity contribution < 1.29 is 9.53 Å². The third-order valence-electron chi connectivity index (χ3n) is 3.77. The van der Waals surface area contributed by atoms with Crippen molar-refractivity contribution in [3.8, 4) is 5.75 Å². The molecule has 1 aliphatic rings. The first-order valence-electron chi connectivity index (χ1n) is 7.50. The second-order valence-corrected chi connectivity index (χ2v) is 5.89. The Kier molecular flexibility index (Phi) is 5.20. The molecule has 0 bridgehead atoms. The van der Waals surface area contributed by atoms with Gasteiger partial charge in [0.2, 0.25) is 5.91 Å². The number of hydrogen-bond acceptors (Lipinski definition) is 4. The van der Waals surface area contributed by atoms with E-state index < -0.39 is 0 Å². The number of benzene rings is 1. The summed E-state index contributed by atoms with van der Waals surface area (Å²) in [6, 6.07) is 7.53. The van der Waals surface area contributed by atoms with Gasteiger partial charge in [-0.1, -0.05) is 12.1 Å². The molecular weight excluding hydrogens is 266 g/mol. The van der Waals surface area contributed by atoms with Crippen LogP contribution >= 0.6 is 0 Å². The normalized spacial score (nSPS) is 18.2. The number of rotatable bonds is 5. The summed E-state index contributed by atoms with van der Waals surface area (Å²) in [6.45, 7) is 9.92. The fraction of sp³-hybridized carbons (Fsp3) is 0.562. The summed E-state index contributed by atoms with van der Waals surface area (Å²) in [4.78, 5) is 14.5. The maximum Gasteiger partial charge on any atom is 0.238 e. The van der Waals surface area contributed by atoms with E-state index in [1.54, 1.807) is 0 Å². The van der Waals surface area contributed by atoms with Crippen molar-refractivity contribution in [2.75, 3.05) is 38.1 Å². The average molecular weight is 291 g/mol. The lowest BCUT2D eigenvalue weighted by molar-refractivity contribution is -0.119. The van der Waals surface area contributed by atoms with E-state index in [-0.39, 0.29) is 11.4 Å². The molecule has 1 amide bonds. The molecule has 0 saturated carbocycles. The summed E-state index contributed by atoms with van der Waals surface area (Å²) in [5.74, 6) is 0.713. The highest BCUT2D eigenvalue weighted by Gasteiger charge is 2.30. The molecule has 1 saturated heterocycles. The van der Waals surface area contributed by atoms with Crippen LogP contribution < -0.4 is 15.4 Å². The number of hydrogen-bond donors (Lipinski definition) is 2. The highest BCUT2D eigenvalue weighted by atomic mass is 16.5. The summed E-state index contributed by atoms with van der Waals surface area (Å²) >= 11 is 0. The Morgan fingerprint density at radius 2 is 2.19 bits per heavy atom. The molecule has 1 aromatic carbocycles. The van der Waals surface area contributed by atoms with Crippen molar-refractivity contribution in [3.05, 3.63) is 24.3 Å². The van der Waals surface area contributed by atoms with E-state index in [1.807, 2.05) is 31.2 Å². The lowest BCUT2D eigenvalue weighted by Crippen LogP contribution is -2.59. The molecule has 21 heavy (non-hydrogen) atoms. The SMILES string of the molecule is CCOc1ccccc1NC(=O)CN1CCNCC1(C)C. The molecule has 2 N–H and O–H groups in total. The zero-order valence-electron chi connectivity index (χ0n) is 13.1. The van der Waals surface area contributed by atoms with Crippen LogP contribution in [0.3, 0.4) is 0 Å². The average Bonchev–Trinajstić information content (AvgIpc) is 2.43. The third kappa shape index (κ3) is 4.19. The van der Waals surface area contributed by atoms with Crippen LogP contribution in [-0.2, 0) is 4.79 Å². The molecule has 2 rings (SSSR count). The molecule has 5 nitrogen and oxygen atoms in total. The molecule has 1 aromatic rings. The number of para-hydroxylation sites is 2. The minimum Gasteiger partial charge on any atom is -0.492 e.